The lowest BCUT2D eigenvalue weighted by Crippen LogP contribution is -2.38. The highest BCUT2D eigenvalue weighted by molar-refractivity contribution is 5.69. The van der Waals surface area contributed by atoms with Crippen molar-refractivity contribution in [3.8, 4) is 0 Å². The molecule has 1 aliphatic rings. The van der Waals surface area contributed by atoms with Crippen molar-refractivity contribution in [3.63, 3.8) is 0 Å². The third-order valence-electron chi connectivity index (χ3n) is 3.77. The molecule has 1 N–H and O–H groups in total. The van der Waals surface area contributed by atoms with Gasteiger partial charge in [-0.25, -0.2) is 0 Å². The first-order valence-electron chi connectivity index (χ1n) is 7.17. The predicted molar refractivity (Wildman–Crippen MR) is 73.8 cm³/mol. The Kier molecular flexibility index (Phi) is 6.65. The monoisotopic (exact) mass is 256 g/mol. The van der Waals surface area contributed by atoms with E-state index in [0.717, 1.165) is 38.5 Å². The summed E-state index contributed by atoms with van der Waals surface area (Å²) >= 11 is 0. The van der Waals surface area contributed by atoms with Crippen molar-refractivity contribution >= 4 is 5.97 Å². The van der Waals surface area contributed by atoms with Gasteiger partial charge in [0.25, 0.3) is 0 Å². The smallest absolute Gasteiger partial charge is 0.317 e. The minimum atomic E-state index is -0.712. The minimum absolute atomic E-state index is 0.189. The second-order valence-electron chi connectivity index (χ2n) is 5.88. The van der Waals surface area contributed by atoms with Gasteiger partial charge in [0.05, 0.1) is 6.54 Å². The summed E-state index contributed by atoms with van der Waals surface area (Å²) in [5.74, 6) is 0.0549. The van der Waals surface area contributed by atoms with Crippen LogP contribution in [0.15, 0.2) is 0 Å². The first-order valence-corrected chi connectivity index (χ1v) is 7.17. The predicted octanol–water partition coefficient (Wildman–Crippen LogP) is 1.90. The van der Waals surface area contributed by atoms with Gasteiger partial charge in [0.2, 0.25) is 0 Å². The highest BCUT2D eigenvalue weighted by Gasteiger charge is 2.20. The number of carboxylic acid groups (broad SMARTS) is 1. The molecule has 1 atom stereocenters. The highest BCUT2D eigenvalue weighted by atomic mass is 16.4. The van der Waals surface area contributed by atoms with Crippen molar-refractivity contribution in [3.05, 3.63) is 0 Å². The second-order valence-corrected chi connectivity index (χ2v) is 5.88. The minimum Gasteiger partial charge on any atom is -0.480 e. The summed E-state index contributed by atoms with van der Waals surface area (Å²) in [6.07, 6.45) is 3.60. The lowest BCUT2D eigenvalue weighted by atomic mass is 10.0. The van der Waals surface area contributed by atoms with Gasteiger partial charge < -0.3 is 5.11 Å². The van der Waals surface area contributed by atoms with E-state index in [9.17, 15) is 4.79 Å². The van der Waals surface area contributed by atoms with Crippen molar-refractivity contribution in [2.24, 2.45) is 5.92 Å². The maximum absolute atomic E-state index is 10.7. The summed E-state index contributed by atoms with van der Waals surface area (Å²) in [6.45, 7) is 10.9. The normalized spacial score (nSPS) is 20.9. The molecule has 0 amide bonds. The number of hydrogen-bond acceptors (Lipinski definition) is 3. The van der Waals surface area contributed by atoms with Gasteiger partial charge in [-0.3, -0.25) is 14.6 Å². The molecule has 106 valence electrons. The number of nitrogens with zero attached hydrogens (tertiary/aromatic N) is 2. The Hall–Kier alpha value is -0.610. The van der Waals surface area contributed by atoms with Crippen LogP contribution in [-0.2, 0) is 4.79 Å². The van der Waals surface area contributed by atoms with Crippen LogP contribution in [0.1, 0.15) is 40.0 Å². The van der Waals surface area contributed by atoms with Gasteiger partial charge in [0.15, 0.2) is 0 Å². The topological polar surface area (TPSA) is 43.8 Å². The van der Waals surface area contributed by atoms with E-state index in [0.29, 0.717) is 6.04 Å². The Labute approximate surface area is 111 Å². The molecule has 0 bridgehead atoms. The van der Waals surface area contributed by atoms with Crippen LogP contribution in [-0.4, -0.2) is 59.6 Å². The van der Waals surface area contributed by atoms with Gasteiger partial charge in [-0.05, 0) is 38.6 Å². The molecule has 0 aromatic heterocycles. The molecule has 0 saturated carbocycles. The van der Waals surface area contributed by atoms with Crippen LogP contribution in [0.3, 0.4) is 0 Å². The molecule has 0 aliphatic carbocycles. The maximum atomic E-state index is 10.7. The molecular weight excluding hydrogens is 228 g/mol. The molecule has 0 aromatic carbocycles. The average Bonchev–Trinajstić information content (AvgIpc) is 2.50. The Morgan fingerprint density at radius 2 is 1.83 bits per heavy atom. The fraction of sp³-hybridized carbons (Fsp3) is 0.929. The van der Waals surface area contributed by atoms with Crippen molar-refractivity contribution < 1.29 is 9.90 Å². The first kappa shape index (κ1) is 15.4. The van der Waals surface area contributed by atoms with Crippen molar-refractivity contribution in [2.45, 2.75) is 46.1 Å². The van der Waals surface area contributed by atoms with E-state index < -0.39 is 5.97 Å². The summed E-state index contributed by atoms with van der Waals surface area (Å²) in [4.78, 5) is 15.3. The molecule has 1 saturated heterocycles. The Bertz CT molecular complexity index is 256. The summed E-state index contributed by atoms with van der Waals surface area (Å²) in [5.41, 5.74) is 0. The number of aliphatic carboxylic acids is 1. The molecule has 1 aliphatic heterocycles. The number of hydrogen-bond donors (Lipinski definition) is 1. The summed E-state index contributed by atoms with van der Waals surface area (Å²) in [7, 11) is 0. The zero-order valence-electron chi connectivity index (χ0n) is 12.1. The molecule has 18 heavy (non-hydrogen) atoms. The van der Waals surface area contributed by atoms with Crippen LogP contribution >= 0.6 is 0 Å². The third-order valence-corrected chi connectivity index (χ3v) is 3.77. The Morgan fingerprint density at radius 3 is 2.44 bits per heavy atom. The van der Waals surface area contributed by atoms with Crippen LogP contribution < -0.4 is 0 Å². The third kappa shape index (κ3) is 5.83. The van der Waals surface area contributed by atoms with Crippen molar-refractivity contribution in [2.75, 3.05) is 32.7 Å². The highest BCUT2D eigenvalue weighted by Crippen LogP contribution is 2.14. The zero-order chi connectivity index (χ0) is 13.5. The van der Waals surface area contributed by atoms with Gasteiger partial charge in [0.1, 0.15) is 0 Å². The summed E-state index contributed by atoms with van der Waals surface area (Å²) in [5, 5.41) is 8.82. The van der Waals surface area contributed by atoms with E-state index in [1.54, 1.807) is 0 Å². The van der Waals surface area contributed by atoms with E-state index >= 15 is 0 Å². The molecular formula is C14H28N2O2. The molecule has 1 unspecified atom stereocenters. The zero-order valence-corrected chi connectivity index (χ0v) is 12.1. The Morgan fingerprint density at radius 1 is 1.11 bits per heavy atom. The van der Waals surface area contributed by atoms with Gasteiger partial charge in [-0.2, -0.15) is 0 Å². The summed E-state index contributed by atoms with van der Waals surface area (Å²) in [6, 6.07) is 0.622. The van der Waals surface area contributed by atoms with E-state index in [4.69, 9.17) is 5.11 Å². The lowest BCUT2D eigenvalue weighted by molar-refractivity contribution is -0.138. The number of carboxylic acids is 1. The van der Waals surface area contributed by atoms with Crippen molar-refractivity contribution in [1.82, 2.24) is 9.80 Å². The second kappa shape index (κ2) is 7.74. The number of carbonyl (C=O) groups is 1. The Balaban J connectivity index is 2.34. The molecule has 1 rings (SSSR count). The fourth-order valence-corrected chi connectivity index (χ4v) is 2.54. The van der Waals surface area contributed by atoms with E-state index in [2.05, 4.69) is 30.6 Å². The number of rotatable bonds is 6. The molecule has 4 nitrogen and oxygen atoms in total. The molecule has 1 fully saturated rings. The average molecular weight is 256 g/mol. The van der Waals surface area contributed by atoms with Gasteiger partial charge in [0, 0.05) is 25.7 Å². The van der Waals surface area contributed by atoms with Gasteiger partial charge >= 0.3 is 5.97 Å². The lowest BCUT2D eigenvalue weighted by Gasteiger charge is -2.28. The van der Waals surface area contributed by atoms with E-state index in [1.807, 2.05) is 0 Å². The van der Waals surface area contributed by atoms with Gasteiger partial charge in [-0.15, -0.1) is 0 Å². The largest absolute Gasteiger partial charge is 0.480 e. The van der Waals surface area contributed by atoms with Crippen LogP contribution in [0.4, 0.5) is 0 Å². The molecule has 4 heteroatoms. The van der Waals surface area contributed by atoms with Crippen LogP contribution in [0.2, 0.25) is 0 Å². The maximum Gasteiger partial charge on any atom is 0.317 e. The quantitative estimate of drug-likeness (QED) is 0.788. The molecule has 0 spiro atoms. The van der Waals surface area contributed by atoms with Crippen molar-refractivity contribution in [1.29, 1.82) is 0 Å². The SMILES string of the molecule is CC(C)CCC(C)N1CCCN(CC(=O)O)CC1. The summed E-state index contributed by atoms with van der Waals surface area (Å²) < 4.78 is 0. The molecule has 0 aromatic rings. The van der Waals surface area contributed by atoms with Crippen LogP contribution in [0.25, 0.3) is 0 Å². The van der Waals surface area contributed by atoms with E-state index in [-0.39, 0.29) is 6.54 Å². The van der Waals surface area contributed by atoms with Gasteiger partial charge in [-0.1, -0.05) is 13.8 Å². The van der Waals surface area contributed by atoms with Crippen LogP contribution in [0, 0.1) is 5.92 Å². The molecule has 1 heterocycles. The molecule has 0 radical (unpaired) electrons. The standard InChI is InChI=1S/C14H28N2O2/c1-12(2)5-6-13(3)16-8-4-7-15(9-10-16)11-14(17)18/h12-13H,4-11H2,1-3H3,(H,17,18). The van der Waals surface area contributed by atoms with Crippen LogP contribution in [0.5, 0.6) is 0 Å². The first-order chi connectivity index (χ1) is 8.49. The fourth-order valence-electron chi connectivity index (χ4n) is 2.54. The van der Waals surface area contributed by atoms with E-state index in [1.165, 1.54) is 12.8 Å².